The van der Waals surface area contributed by atoms with Gasteiger partial charge in [0.05, 0.1) is 28.1 Å². The molecule has 0 fully saturated rings. The van der Waals surface area contributed by atoms with Crippen molar-refractivity contribution >= 4 is 34.1 Å². The van der Waals surface area contributed by atoms with Gasteiger partial charge in [-0.25, -0.2) is 9.97 Å². The molecular formula is C21H21ClN6. The Hall–Kier alpha value is -3.12. The summed E-state index contributed by atoms with van der Waals surface area (Å²) in [6.07, 6.45) is 1.74. The molecule has 4 aromatic rings. The first-order chi connectivity index (χ1) is 13.3. The minimum absolute atomic E-state index is 0.208. The van der Waals surface area contributed by atoms with E-state index in [1.54, 1.807) is 6.20 Å². The maximum Gasteiger partial charge on any atom is 0.169 e. The lowest BCUT2D eigenvalue weighted by Crippen LogP contribution is -2.27. The molecule has 0 atom stereocenters. The molecule has 0 saturated heterocycles. The molecule has 2 heterocycles. The number of fused-ring (bicyclic) bond motifs is 1. The number of nitrogens with one attached hydrogen (secondary N) is 2. The fraction of sp³-hybridized carbons (Fsp3) is 0.190. The van der Waals surface area contributed by atoms with Crippen molar-refractivity contribution in [3.63, 3.8) is 0 Å². The minimum atomic E-state index is -0.208. The van der Waals surface area contributed by atoms with Gasteiger partial charge >= 0.3 is 0 Å². The Balaban J connectivity index is 1.97. The standard InChI is InChI=1S/C21H21ClN6/c1-21(2,3)27-20-19(23)25-17(12-7-5-4-6-8-12)18(26-20)13-9-14-11-24-28-16(14)15(22)10-13/h4-11H,1-3H3,(H2,23,25)(H,24,28)(H,26,27). The molecule has 0 saturated carbocycles. The average Bonchev–Trinajstić information content (AvgIpc) is 3.12. The van der Waals surface area contributed by atoms with E-state index in [0.717, 1.165) is 22.0 Å². The molecule has 0 aliphatic heterocycles. The quantitative estimate of drug-likeness (QED) is 0.449. The molecule has 0 spiro atoms. The highest BCUT2D eigenvalue weighted by Gasteiger charge is 2.20. The van der Waals surface area contributed by atoms with Crippen LogP contribution in [0.15, 0.2) is 48.7 Å². The third-order valence-electron chi connectivity index (χ3n) is 4.24. The van der Waals surface area contributed by atoms with E-state index in [2.05, 4.69) is 20.5 Å². The monoisotopic (exact) mass is 392 g/mol. The number of nitrogens with two attached hydrogens (primary N) is 1. The molecule has 0 radical (unpaired) electrons. The number of rotatable bonds is 3. The maximum atomic E-state index is 6.47. The Labute approximate surface area is 168 Å². The summed E-state index contributed by atoms with van der Waals surface area (Å²) in [7, 11) is 0. The van der Waals surface area contributed by atoms with E-state index >= 15 is 0 Å². The molecule has 28 heavy (non-hydrogen) atoms. The second kappa shape index (κ2) is 6.80. The fourth-order valence-electron chi connectivity index (χ4n) is 3.04. The molecule has 7 heteroatoms. The van der Waals surface area contributed by atoms with Crippen LogP contribution < -0.4 is 11.1 Å². The van der Waals surface area contributed by atoms with Crippen molar-refractivity contribution in [1.29, 1.82) is 0 Å². The van der Waals surface area contributed by atoms with Gasteiger partial charge in [0.2, 0.25) is 0 Å². The normalized spacial score (nSPS) is 11.7. The lowest BCUT2D eigenvalue weighted by atomic mass is 10.0. The number of nitrogen functional groups attached to an aromatic ring is 1. The summed E-state index contributed by atoms with van der Waals surface area (Å²) < 4.78 is 0. The van der Waals surface area contributed by atoms with E-state index in [0.29, 0.717) is 28.0 Å². The number of hydrogen-bond donors (Lipinski definition) is 3. The van der Waals surface area contributed by atoms with Gasteiger partial charge in [-0.1, -0.05) is 41.9 Å². The number of benzene rings is 2. The molecule has 4 N–H and O–H groups in total. The van der Waals surface area contributed by atoms with Crippen LogP contribution in [0.5, 0.6) is 0 Å². The SMILES string of the molecule is CC(C)(C)Nc1nc(-c2cc(Cl)c3[nH]ncc3c2)c(-c2ccccc2)nc1N. The number of hydrogen-bond acceptors (Lipinski definition) is 5. The smallest absolute Gasteiger partial charge is 0.169 e. The first-order valence-corrected chi connectivity index (χ1v) is 9.34. The summed E-state index contributed by atoms with van der Waals surface area (Å²) in [5.41, 5.74) is 10.0. The van der Waals surface area contributed by atoms with Crippen LogP contribution in [-0.2, 0) is 0 Å². The summed E-state index contributed by atoms with van der Waals surface area (Å²) in [6, 6.07) is 13.7. The van der Waals surface area contributed by atoms with Gasteiger partial charge < -0.3 is 11.1 Å². The number of aromatic nitrogens is 4. The van der Waals surface area contributed by atoms with Gasteiger partial charge in [-0.15, -0.1) is 0 Å². The Kier molecular flexibility index (Phi) is 4.43. The van der Waals surface area contributed by atoms with Crippen molar-refractivity contribution < 1.29 is 0 Å². The van der Waals surface area contributed by atoms with Gasteiger partial charge in [-0.05, 0) is 32.9 Å². The van der Waals surface area contributed by atoms with Gasteiger partial charge in [0.15, 0.2) is 11.6 Å². The Morgan fingerprint density at radius 2 is 1.71 bits per heavy atom. The zero-order valence-corrected chi connectivity index (χ0v) is 16.7. The minimum Gasteiger partial charge on any atom is -0.381 e. The highest BCUT2D eigenvalue weighted by atomic mass is 35.5. The zero-order valence-electron chi connectivity index (χ0n) is 15.9. The van der Waals surface area contributed by atoms with E-state index in [-0.39, 0.29) is 5.54 Å². The Bertz CT molecular complexity index is 1140. The van der Waals surface area contributed by atoms with E-state index in [4.69, 9.17) is 22.3 Å². The van der Waals surface area contributed by atoms with Gasteiger partial charge in [0.25, 0.3) is 0 Å². The molecule has 4 rings (SSSR count). The van der Waals surface area contributed by atoms with Crippen molar-refractivity contribution in [2.45, 2.75) is 26.3 Å². The topological polar surface area (TPSA) is 92.5 Å². The van der Waals surface area contributed by atoms with Crippen LogP contribution in [0.25, 0.3) is 33.4 Å². The summed E-state index contributed by atoms with van der Waals surface area (Å²) in [6.45, 7) is 6.15. The van der Waals surface area contributed by atoms with Crippen molar-refractivity contribution in [3.05, 3.63) is 53.7 Å². The summed E-state index contributed by atoms with van der Waals surface area (Å²) in [5, 5.41) is 11.8. The van der Waals surface area contributed by atoms with Crippen LogP contribution in [0.3, 0.4) is 0 Å². The first-order valence-electron chi connectivity index (χ1n) is 8.96. The first kappa shape index (κ1) is 18.3. The summed E-state index contributed by atoms with van der Waals surface area (Å²) in [4.78, 5) is 9.54. The van der Waals surface area contributed by atoms with Crippen LogP contribution in [0.4, 0.5) is 11.6 Å². The second-order valence-corrected chi connectivity index (χ2v) is 8.10. The molecule has 0 aliphatic carbocycles. The number of nitrogens with zero attached hydrogens (tertiary/aromatic N) is 3. The lowest BCUT2D eigenvalue weighted by molar-refractivity contribution is 0.630. The average molecular weight is 393 g/mol. The van der Waals surface area contributed by atoms with Crippen molar-refractivity contribution in [2.75, 3.05) is 11.1 Å². The number of H-pyrrole nitrogens is 1. The lowest BCUT2D eigenvalue weighted by Gasteiger charge is -2.23. The maximum absolute atomic E-state index is 6.47. The van der Waals surface area contributed by atoms with Gasteiger partial charge in [-0.2, -0.15) is 5.10 Å². The summed E-state index contributed by atoms with van der Waals surface area (Å²) in [5.74, 6) is 0.901. The molecule has 2 aromatic heterocycles. The van der Waals surface area contributed by atoms with E-state index in [1.807, 2.05) is 63.2 Å². The fourth-order valence-corrected chi connectivity index (χ4v) is 3.31. The van der Waals surface area contributed by atoms with Crippen LogP contribution >= 0.6 is 11.6 Å². The molecule has 0 unspecified atom stereocenters. The van der Waals surface area contributed by atoms with Crippen LogP contribution in [0.2, 0.25) is 5.02 Å². The highest BCUT2D eigenvalue weighted by Crippen LogP contribution is 2.36. The van der Waals surface area contributed by atoms with E-state index in [9.17, 15) is 0 Å². The van der Waals surface area contributed by atoms with Gasteiger partial charge in [-0.3, -0.25) is 5.10 Å². The highest BCUT2D eigenvalue weighted by molar-refractivity contribution is 6.35. The van der Waals surface area contributed by atoms with Gasteiger partial charge in [0.1, 0.15) is 0 Å². The third kappa shape index (κ3) is 3.51. The number of halogens is 1. The predicted octanol–water partition coefficient (Wildman–Crippen LogP) is 5.13. The van der Waals surface area contributed by atoms with Crippen LogP contribution in [-0.4, -0.2) is 25.7 Å². The molecule has 0 bridgehead atoms. The Morgan fingerprint density at radius 3 is 2.43 bits per heavy atom. The second-order valence-electron chi connectivity index (χ2n) is 7.69. The van der Waals surface area contributed by atoms with Crippen LogP contribution in [0.1, 0.15) is 20.8 Å². The van der Waals surface area contributed by atoms with Gasteiger partial charge in [0, 0.05) is 22.1 Å². The van der Waals surface area contributed by atoms with E-state index in [1.165, 1.54) is 0 Å². The predicted molar refractivity (Wildman–Crippen MR) is 115 cm³/mol. The van der Waals surface area contributed by atoms with Crippen molar-refractivity contribution in [1.82, 2.24) is 20.2 Å². The molecular weight excluding hydrogens is 372 g/mol. The summed E-state index contributed by atoms with van der Waals surface area (Å²) >= 11 is 6.47. The molecule has 2 aromatic carbocycles. The largest absolute Gasteiger partial charge is 0.381 e. The molecule has 0 amide bonds. The molecule has 0 aliphatic rings. The molecule has 6 nitrogen and oxygen atoms in total. The van der Waals surface area contributed by atoms with Crippen LogP contribution in [0, 0.1) is 0 Å². The van der Waals surface area contributed by atoms with E-state index < -0.39 is 0 Å². The molecule has 142 valence electrons. The number of anilines is 2. The third-order valence-corrected chi connectivity index (χ3v) is 4.54. The van der Waals surface area contributed by atoms with Crippen molar-refractivity contribution in [2.24, 2.45) is 0 Å². The number of aromatic amines is 1. The zero-order chi connectivity index (χ0) is 19.9. The van der Waals surface area contributed by atoms with Crippen molar-refractivity contribution in [3.8, 4) is 22.5 Å². The Morgan fingerprint density at radius 1 is 1.00 bits per heavy atom.